The van der Waals surface area contributed by atoms with Crippen LogP contribution >= 0.6 is 0 Å². The lowest BCUT2D eigenvalue weighted by atomic mass is 9.91. The van der Waals surface area contributed by atoms with Crippen LogP contribution in [0.15, 0.2) is 48.6 Å². The number of hydrogen-bond donors (Lipinski definition) is 2. The van der Waals surface area contributed by atoms with Crippen molar-refractivity contribution in [3.05, 3.63) is 54.1 Å². The number of rotatable bonds is 1. The van der Waals surface area contributed by atoms with Crippen LogP contribution < -0.4 is 0 Å². The first-order valence-corrected chi connectivity index (χ1v) is 4.66. The summed E-state index contributed by atoms with van der Waals surface area (Å²) in [6.45, 7) is 0. The Morgan fingerprint density at radius 1 is 1.20 bits per heavy atom. The summed E-state index contributed by atoms with van der Waals surface area (Å²) in [6.07, 6.45) is 2.69. The summed E-state index contributed by atoms with van der Waals surface area (Å²) in [4.78, 5) is 0. The average Bonchev–Trinajstić information content (AvgIpc) is 2.23. The molecule has 1 aromatic carbocycles. The molecule has 1 aromatic rings. The Hall–Kier alpha value is -1.45. The molecular weight excluding hydrogens is 195 g/mol. The number of allylic oxidation sites excluding steroid dienone is 2. The Balaban J connectivity index is 2.45. The second kappa shape index (κ2) is 3.61. The zero-order valence-corrected chi connectivity index (χ0v) is 7.97. The quantitative estimate of drug-likeness (QED) is 0.733. The second-order valence-corrected chi connectivity index (χ2v) is 3.45. The smallest absolute Gasteiger partial charge is 0.263 e. The molecule has 3 heteroatoms. The highest BCUT2D eigenvalue weighted by Crippen LogP contribution is 2.34. The maximum Gasteiger partial charge on any atom is 0.263 e. The highest BCUT2D eigenvalue weighted by molar-refractivity contribution is 5.74. The van der Waals surface area contributed by atoms with Crippen LogP contribution in [-0.2, 0) is 0 Å². The Bertz CT molecular complexity index is 407. The number of aliphatic hydroxyl groups is 2. The summed E-state index contributed by atoms with van der Waals surface area (Å²) in [6, 6.07) is 8.66. The first-order valence-electron chi connectivity index (χ1n) is 4.66. The van der Waals surface area contributed by atoms with Crippen molar-refractivity contribution in [1.29, 1.82) is 0 Å². The Labute approximate surface area is 87.0 Å². The minimum atomic E-state index is -2.71. The topological polar surface area (TPSA) is 40.5 Å². The molecule has 0 fully saturated rings. The molecule has 0 bridgehead atoms. The van der Waals surface area contributed by atoms with E-state index >= 15 is 0 Å². The lowest BCUT2D eigenvalue weighted by Gasteiger charge is -2.28. The molecule has 2 nitrogen and oxygen atoms in total. The van der Waals surface area contributed by atoms with Crippen LogP contribution in [0.5, 0.6) is 0 Å². The summed E-state index contributed by atoms with van der Waals surface area (Å²) in [7, 11) is 0. The molecule has 2 rings (SSSR count). The number of alkyl halides is 1. The lowest BCUT2D eigenvalue weighted by Crippen LogP contribution is -2.39. The minimum Gasteiger partial charge on any atom is -0.383 e. The molecule has 0 aromatic heterocycles. The zero-order chi connectivity index (χ0) is 10.9. The molecule has 1 aliphatic rings. The monoisotopic (exact) mass is 206 g/mol. The van der Waals surface area contributed by atoms with E-state index in [2.05, 4.69) is 0 Å². The van der Waals surface area contributed by atoms with Crippen molar-refractivity contribution in [2.24, 2.45) is 0 Å². The third kappa shape index (κ3) is 1.71. The van der Waals surface area contributed by atoms with Gasteiger partial charge in [0, 0.05) is 5.57 Å². The lowest BCUT2D eigenvalue weighted by molar-refractivity contribution is -0.105. The average molecular weight is 206 g/mol. The van der Waals surface area contributed by atoms with Gasteiger partial charge < -0.3 is 10.2 Å². The summed E-state index contributed by atoms with van der Waals surface area (Å²) in [5.74, 6) is -2.71. The maximum absolute atomic E-state index is 13.8. The largest absolute Gasteiger partial charge is 0.383 e. The van der Waals surface area contributed by atoms with Gasteiger partial charge in [-0.3, -0.25) is 0 Å². The van der Waals surface area contributed by atoms with Crippen molar-refractivity contribution in [3.63, 3.8) is 0 Å². The van der Waals surface area contributed by atoms with E-state index in [4.69, 9.17) is 0 Å². The Morgan fingerprint density at radius 2 is 1.87 bits per heavy atom. The van der Waals surface area contributed by atoms with Crippen LogP contribution in [0.4, 0.5) is 4.39 Å². The predicted molar refractivity (Wildman–Crippen MR) is 55.6 cm³/mol. The Kier molecular flexibility index (Phi) is 2.42. The van der Waals surface area contributed by atoms with Gasteiger partial charge in [0.1, 0.15) is 6.10 Å². The van der Waals surface area contributed by atoms with Crippen molar-refractivity contribution in [1.82, 2.24) is 0 Å². The molecule has 0 amide bonds. The van der Waals surface area contributed by atoms with Crippen LogP contribution in [0.1, 0.15) is 5.56 Å². The van der Waals surface area contributed by atoms with Gasteiger partial charge in [0.2, 0.25) is 0 Å². The molecule has 1 aliphatic carbocycles. The van der Waals surface area contributed by atoms with Gasteiger partial charge in [-0.25, -0.2) is 4.39 Å². The van der Waals surface area contributed by atoms with Crippen molar-refractivity contribution in [2.75, 3.05) is 0 Å². The van der Waals surface area contributed by atoms with Gasteiger partial charge in [-0.05, 0) is 5.56 Å². The molecule has 0 spiro atoms. The molecule has 0 saturated heterocycles. The van der Waals surface area contributed by atoms with E-state index < -0.39 is 12.0 Å². The van der Waals surface area contributed by atoms with Crippen molar-refractivity contribution < 1.29 is 14.6 Å². The second-order valence-electron chi connectivity index (χ2n) is 3.45. The number of hydrogen-bond acceptors (Lipinski definition) is 2. The van der Waals surface area contributed by atoms with E-state index in [1.54, 1.807) is 30.3 Å². The zero-order valence-electron chi connectivity index (χ0n) is 7.97. The van der Waals surface area contributed by atoms with E-state index in [9.17, 15) is 14.6 Å². The summed E-state index contributed by atoms with van der Waals surface area (Å²) < 4.78 is 13.8. The van der Waals surface area contributed by atoms with Crippen molar-refractivity contribution >= 4 is 5.57 Å². The van der Waals surface area contributed by atoms with Crippen LogP contribution in [0.2, 0.25) is 0 Å². The molecule has 0 unspecified atom stereocenters. The highest BCUT2D eigenvalue weighted by Gasteiger charge is 2.40. The van der Waals surface area contributed by atoms with E-state index in [-0.39, 0.29) is 5.57 Å². The number of halogens is 1. The summed E-state index contributed by atoms with van der Waals surface area (Å²) in [5, 5.41) is 18.8. The third-order valence-corrected chi connectivity index (χ3v) is 2.41. The van der Waals surface area contributed by atoms with Gasteiger partial charge in [0.15, 0.2) is 0 Å². The maximum atomic E-state index is 13.8. The standard InChI is InChI=1S/C12H11FO2/c13-12(15)10(7-4-8-11(12)14)9-5-2-1-3-6-9/h1-8,11,14-15H/t11-,12+/m1/s1. The van der Waals surface area contributed by atoms with Gasteiger partial charge in [0.05, 0.1) is 0 Å². The first-order chi connectivity index (χ1) is 7.12. The van der Waals surface area contributed by atoms with E-state index in [1.165, 1.54) is 18.2 Å². The molecule has 78 valence electrons. The van der Waals surface area contributed by atoms with E-state index in [0.717, 1.165) is 0 Å². The Morgan fingerprint density at radius 3 is 2.53 bits per heavy atom. The first kappa shape index (κ1) is 10.1. The van der Waals surface area contributed by atoms with E-state index in [1.807, 2.05) is 0 Å². The molecule has 2 atom stereocenters. The fraction of sp³-hybridized carbons (Fsp3) is 0.167. The van der Waals surface area contributed by atoms with Crippen molar-refractivity contribution in [3.8, 4) is 0 Å². The fourth-order valence-corrected chi connectivity index (χ4v) is 1.58. The predicted octanol–water partition coefficient (Wildman–Crippen LogP) is 1.66. The molecule has 0 heterocycles. The van der Waals surface area contributed by atoms with Crippen LogP contribution in [0.25, 0.3) is 5.57 Å². The molecule has 0 saturated carbocycles. The minimum absolute atomic E-state index is 0.0816. The third-order valence-electron chi connectivity index (χ3n) is 2.41. The van der Waals surface area contributed by atoms with Gasteiger partial charge in [-0.1, -0.05) is 48.6 Å². The van der Waals surface area contributed by atoms with Gasteiger partial charge in [0.25, 0.3) is 5.85 Å². The van der Waals surface area contributed by atoms with Crippen LogP contribution in [-0.4, -0.2) is 22.2 Å². The van der Waals surface area contributed by atoms with Crippen LogP contribution in [0.3, 0.4) is 0 Å². The van der Waals surface area contributed by atoms with Gasteiger partial charge in [-0.15, -0.1) is 0 Å². The summed E-state index contributed by atoms with van der Waals surface area (Å²) in [5.41, 5.74) is 0.643. The van der Waals surface area contributed by atoms with Crippen LogP contribution in [0, 0.1) is 0 Å². The highest BCUT2D eigenvalue weighted by atomic mass is 19.2. The molecule has 0 radical (unpaired) electrons. The SMILES string of the molecule is O[C@@H]1C=CC=C(c2ccccc2)[C@@]1(O)F. The molecular formula is C12H11FO2. The fourth-order valence-electron chi connectivity index (χ4n) is 1.58. The summed E-state index contributed by atoms with van der Waals surface area (Å²) >= 11 is 0. The van der Waals surface area contributed by atoms with E-state index in [0.29, 0.717) is 5.56 Å². The number of benzene rings is 1. The van der Waals surface area contributed by atoms with Gasteiger partial charge in [-0.2, -0.15) is 0 Å². The normalized spacial score (nSPS) is 30.1. The van der Waals surface area contributed by atoms with Crippen molar-refractivity contribution in [2.45, 2.75) is 12.0 Å². The molecule has 2 N–H and O–H groups in total. The number of aliphatic hydroxyl groups excluding tert-OH is 1. The molecule has 15 heavy (non-hydrogen) atoms. The van der Waals surface area contributed by atoms with Gasteiger partial charge >= 0.3 is 0 Å². The molecule has 0 aliphatic heterocycles.